The molecule has 3 aromatic carbocycles. The van der Waals surface area contributed by atoms with Crippen LogP contribution >= 0.6 is 23.2 Å². The highest BCUT2D eigenvalue weighted by Crippen LogP contribution is 2.25. The standard InChI is InChI=1S/C21H16Cl2/c1-3-15(16-9-5-4-6-10-16)13-19-14(2)20(22)17-11-7-8-12-18(17)21(19)23/h3-13H,2H2,1H3/b15-3+,19-13+. The second kappa shape index (κ2) is 6.62. The monoisotopic (exact) mass is 338 g/mol. The third kappa shape index (κ3) is 2.93. The predicted molar refractivity (Wildman–Crippen MR) is 103 cm³/mol. The van der Waals surface area contributed by atoms with Crippen molar-refractivity contribution in [1.29, 1.82) is 0 Å². The first kappa shape index (κ1) is 15.9. The largest absolute Gasteiger partial charge is 0.0896 e. The van der Waals surface area contributed by atoms with Crippen LogP contribution in [0.3, 0.4) is 0 Å². The van der Waals surface area contributed by atoms with E-state index >= 15 is 0 Å². The summed E-state index contributed by atoms with van der Waals surface area (Å²) in [5.41, 5.74) is 2.22. The number of hydrogen-bond donors (Lipinski definition) is 0. The molecular weight excluding hydrogens is 323 g/mol. The lowest BCUT2D eigenvalue weighted by atomic mass is 10.0. The molecule has 0 spiro atoms. The molecule has 2 heteroatoms. The minimum atomic E-state index is 0.653. The van der Waals surface area contributed by atoms with Gasteiger partial charge in [-0.3, -0.25) is 0 Å². The van der Waals surface area contributed by atoms with Crippen molar-refractivity contribution < 1.29 is 0 Å². The molecule has 23 heavy (non-hydrogen) atoms. The van der Waals surface area contributed by atoms with Crippen molar-refractivity contribution in [1.82, 2.24) is 0 Å². The molecule has 0 aliphatic rings. The fraction of sp³-hybridized carbons (Fsp3) is 0.0476. The van der Waals surface area contributed by atoms with Gasteiger partial charge in [-0.05, 0) is 29.4 Å². The Bertz CT molecular complexity index is 999. The fourth-order valence-electron chi connectivity index (χ4n) is 2.69. The Hall–Kier alpha value is -2.02. The second-order valence-corrected chi connectivity index (χ2v) is 6.08. The molecule has 0 aromatic heterocycles. The molecule has 0 nitrogen and oxygen atoms in total. The first-order valence-corrected chi connectivity index (χ1v) is 8.17. The van der Waals surface area contributed by atoms with Crippen molar-refractivity contribution in [2.45, 2.75) is 6.92 Å². The molecular formula is C21H16Cl2. The number of hydrogen-bond acceptors (Lipinski definition) is 0. The zero-order chi connectivity index (χ0) is 16.4. The zero-order valence-corrected chi connectivity index (χ0v) is 14.3. The summed E-state index contributed by atoms with van der Waals surface area (Å²) in [6, 6.07) is 18.1. The van der Waals surface area contributed by atoms with E-state index in [2.05, 4.69) is 30.9 Å². The smallest absolute Gasteiger partial charge is 0.0563 e. The molecule has 0 radical (unpaired) electrons. The van der Waals surface area contributed by atoms with Gasteiger partial charge in [0, 0.05) is 16.0 Å². The van der Waals surface area contributed by atoms with Crippen molar-refractivity contribution in [2.75, 3.05) is 0 Å². The van der Waals surface area contributed by atoms with Gasteiger partial charge in [-0.25, -0.2) is 0 Å². The van der Waals surface area contributed by atoms with Crippen LogP contribution in [0.1, 0.15) is 12.5 Å². The van der Waals surface area contributed by atoms with Gasteiger partial charge in [-0.1, -0.05) is 90.5 Å². The Morgan fingerprint density at radius 2 is 1.43 bits per heavy atom. The summed E-state index contributed by atoms with van der Waals surface area (Å²) in [7, 11) is 0. The van der Waals surface area contributed by atoms with E-state index in [-0.39, 0.29) is 0 Å². The summed E-state index contributed by atoms with van der Waals surface area (Å²) in [5, 5.41) is 4.84. The van der Waals surface area contributed by atoms with Crippen LogP contribution in [-0.4, -0.2) is 0 Å². The summed E-state index contributed by atoms with van der Waals surface area (Å²) < 4.78 is 0. The van der Waals surface area contributed by atoms with Crippen LogP contribution in [0.15, 0.2) is 60.7 Å². The highest BCUT2D eigenvalue weighted by atomic mass is 35.5. The zero-order valence-electron chi connectivity index (χ0n) is 12.8. The van der Waals surface area contributed by atoms with Gasteiger partial charge in [0.1, 0.15) is 0 Å². The molecule has 0 aliphatic carbocycles. The average Bonchev–Trinajstić information content (AvgIpc) is 2.61. The topological polar surface area (TPSA) is 0 Å². The van der Waals surface area contributed by atoms with E-state index < -0.39 is 0 Å². The first-order chi connectivity index (χ1) is 11.1. The molecule has 3 aromatic rings. The number of halogens is 2. The molecule has 0 bridgehead atoms. The van der Waals surface area contributed by atoms with Crippen molar-refractivity contribution in [3.63, 3.8) is 0 Å². The van der Waals surface area contributed by atoms with E-state index in [4.69, 9.17) is 23.2 Å². The Balaban J connectivity index is 2.34. The summed E-state index contributed by atoms with van der Waals surface area (Å²) in [4.78, 5) is 0. The molecule has 0 fully saturated rings. The van der Waals surface area contributed by atoms with Crippen LogP contribution in [0.2, 0.25) is 10.0 Å². The Kier molecular flexibility index (Phi) is 4.56. The van der Waals surface area contributed by atoms with Gasteiger partial charge < -0.3 is 0 Å². The van der Waals surface area contributed by atoms with E-state index in [9.17, 15) is 0 Å². The quantitative estimate of drug-likeness (QED) is 0.583. The van der Waals surface area contributed by atoms with Crippen LogP contribution in [-0.2, 0) is 0 Å². The van der Waals surface area contributed by atoms with Gasteiger partial charge in [-0.2, -0.15) is 0 Å². The maximum Gasteiger partial charge on any atom is 0.0563 e. The molecule has 114 valence electrons. The molecule has 0 aliphatic heterocycles. The molecule has 0 amide bonds. The minimum absolute atomic E-state index is 0.653. The molecule has 0 heterocycles. The SMILES string of the molecule is C=c1c(Cl)c2ccccc2c(Cl)/c1=C/C(=C\C)c1ccccc1. The summed E-state index contributed by atoms with van der Waals surface area (Å²) in [5.74, 6) is 0. The summed E-state index contributed by atoms with van der Waals surface area (Å²) >= 11 is 13.2. The van der Waals surface area contributed by atoms with Crippen molar-refractivity contribution in [3.8, 4) is 0 Å². The normalized spacial score (nSPS) is 12.8. The first-order valence-electron chi connectivity index (χ1n) is 7.41. The van der Waals surface area contributed by atoms with Gasteiger partial charge >= 0.3 is 0 Å². The molecule has 3 rings (SSSR count). The lowest BCUT2D eigenvalue weighted by Crippen LogP contribution is -2.26. The Morgan fingerprint density at radius 1 is 0.870 bits per heavy atom. The third-order valence-corrected chi connectivity index (χ3v) is 4.78. The van der Waals surface area contributed by atoms with Crippen molar-refractivity contribution in [2.24, 2.45) is 0 Å². The predicted octanol–water partition coefficient (Wildman–Crippen LogP) is 5.44. The fourth-order valence-corrected chi connectivity index (χ4v) is 3.29. The van der Waals surface area contributed by atoms with E-state index in [0.29, 0.717) is 10.0 Å². The van der Waals surface area contributed by atoms with Gasteiger partial charge in [0.2, 0.25) is 0 Å². The van der Waals surface area contributed by atoms with E-state index in [0.717, 1.165) is 32.3 Å². The van der Waals surface area contributed by atoms with Gasteiger partial charge in [-0.15, -0.1) is 0 Å². The molecule has 0 unspecified atom stereocenters. The number of benzene rings is 3. The highest BCUT2D eigenvalue weighted by molar-refractivity contribution is 6.40. The van der Waals surface area contributed by atoms with Gasteiger partial charge in [0.15, 0.2) is 0 Å². The van der Waals surface area contributed by atoms with E-state index in [1.807, 2.05) is 49.4 Å². The molecule has 0 saturated heterocycles. The maximum atomic E-state index is 6.65. The number of rotatable bonds is 2. The molecule has 0 atom stereocenters. The average molecular weight is 339 g/mol. The van der Waals surface area contributed by atoms with E-state index in [1.54, 1.807) is 0 Å². The number of allylic oxidation sites excluding steroid dienone is 2. The van der Waals surface area contributed by atoms with Crippen LogP contribution in [0.5, 0.6) is 0 Å². The van der Waals surface area contributed by atoms with Gasteiger partial charge in [0.25, 0.3) is 0 Å². The maximum absolute atomic E-state index is 6.65. The molecule has 0 N–H and O–H groups in total. The summed E-state index contributed by atoms with van der Waals surface area (Å²) in [6.45, 7) is 6.15. The lowest BCUT2D eigenvalue weighted by Gasteiger charge is -2.07. The van der Waals surface area contributed by atoms with Crippen molar-refractivity contribution in [3.05, 3.63) is 86.7 Å². The van der Waals surface area contributed by atoms with Crippen LogP contribution in [0.4, 0.5) is 0 Å². The van der Waals surface area contributed by atoms with Crippen LogP contribution in [0.25, 0.3) is 29.0 Å². The lowest BCUT2D eigenvalue weighted by molar-refractivity contribution is 1.56. The highest BCUT2D eigenvalue weighted by Gasteiger charge is 2.08. The third-order valence-electron chi connectivity index (χ3n) is 3.94. The van der Waals surface area contributed by atoms with Crippen LogP contribution < -0.4 is 10.4 Å². The summed E-state index contributed by atoms with van der Waals surface area (Å²) in [6.07, 6.45) is 4.12. The second-order valence-electron chi connectivity index (χ2n) is 5.32. The minimum Gasteiger partial charge on any atom is -0.0896 e. The van der Waals surface area contributed by atoms with E-state index in [1.165, 1.54) is 0 Å². The Labute approximate surface area is 146 Å². The molecule has 0 saturated carbocycles. The van der Waals surface area contributed by atoms with Crippen LogP contribution in [0, 0.1) is 0 Å². The van der Waals surface area contributed by atoms with Crippen molar-refractivity contribution >= 4 is 52.2 Å². The Morgan fingerprint density at radius 3 is 2.04 bits per heavy atom. The van der Waals surface area contributed by atoms with Gasteiger partial charge in [0.05, 0.1) is 10.0 Å². The number of fused-ring (bicyclic) bond motifs is 1.